The second kappa shape index (κ2) is 3.71. The molecule has 2 N–H and O–H groups in total. The van der Waals surface area contributed by atoms with Gasteiger partial charge < -0.3 is 0 Å². The highest BCUT2D eigenvalue weighted by molar-refractivity contribution is 7.89. The highest BCUT2D eigenvalue weighted by Gasteiger charge is 2.22. The van der Waals surface area contributed by atoms with Crippen molar-refractivity contribution in [2.24, 2.45) is 5.14 Å². The van der Waals surface area contributed by atoms with Gasteiger partial charge in [0.1, 0.15) is 10.0 Å². The zero-order valence-corrected chi connectivity index (χ0v) is 8.94. The molecule has 0 aliphatic carbocycles. The van der Waals surface area contributed by atoms with Crippen molar-refractivity contribution in [3.63, 3.8) is 0 Å². The summed E-state index contributed by atoms with van der Waals surface area (Å²) in [5.74, 6) is 0. The summed E-state index contributed by atoms with van der Waals surface area (Å²) < 4.78 is 21.8. The Morgan fingerprint density at radius 2 is 1.71 bits per heavy atom. The van der Waals surface area contributed by atoms with Gasteiger partial charge in [-0.3, -0.25) is 0 Å². The van der Waals surface area contributed by atoms with E-state index < -0.39 is 10.0 Å². The van der Waals surface area contributed by atoms with Gasteiger partial charge in [0, 0.05) is 0 Å². The molecule has 74 valence electrons. The Bertz CT molecular complexity index is 497. The zero-order chi connectivity index (χ0) is 10.9. The van der Waals surface area contributed by atoms with Crippen LogP contribution in [0.2, 0.25) is 10.0 Å². The molecule has 0 spiro atoms. The number of hydrogen-bond donors (Lipinski definition) is 1. The molecule has 0 atom stereocenters. The largest absolute Gasteiger partial charge is 0.421 e. The first-order valence-corrected chi connectivity index (χ1v) is 5.53. The Morgan fingerprint density at radius 3 is 2.00 bits per heavy atom. The number of halogens is 2. The van der Waals surface area contributed by atoms with Gasteiger partial charge in [-0.25, -0.2) is 13.6 Å². The maximum absolute atomic E-state index is 10.9. The van der Waals surface area contributed by atoms with Gasteiger partial charge in [-0.1, -0.05) is 23.2 Å². The highest BCUT2D eigenvalue weighted by atomic mass is 35.5. The molecule has 5 nitrogen and oxygen atoms in total. The van der Waals surface area contributed by atoms with E-state index in [0.29, 0.717) is 0 Å². The molecule has 1 aromatic carbocycles. The lowest BCUT2D eigenvalue weighted by Gasteiger charge is -1.97. The number of diazo groups is 1. The predicted octanol–water partition coefficient (Wildman–Crippen LogP) is 2.13. The van der Waals surface area contributed by atoms with Crippen LogP contribution in [0.1, 0.15) is 0 Å². The number of nitrogens with two attached hydrogens (primary N) is 1. The van der Waals surface area contributed by atoms with Crippen LogP contribution in [0.4, 0.5) is 5.69 Å². The van der Waals surface area contributed by atoms with Crippen LogP contribution in [0, 0.1) is 5.39 Å². The van der Waals surface area contributed by atoms with E-state index in [1.807, 2.05) is 0 Å². The summed E-state index contributed by atoms with van der Waals surface area (Å²) in [6, 6.07) is 2.11. The monoisotopic (exact) mass is 252 g/mol. The summed E-state index contributed by atoms with van der Waals surface area (Å²) in [6.45, 7) is 0. The molecule has 8 heteroatoms. The van der Waals surface area contributed by atoms with Crippen molar-refractivity contribution in [2.45, 2.75) is 4.90 Å². The first-order valence-electron chi connectivity index (χ1n) is 3.23. The number of rotatable bonds is 1. The molecule has 0 heterocycles. The third-order valence-electron chi connectivity index (χ3n) is 1.42. The fourth-order valence-electron chi connectivity index (χ4n) is 0.802. The van der Waals surface area contributed by atoms with Crippen LogP contribution in [0.3, 0.4) is 0 Å². The first-order chi connectivity index (χ1) is 6.36. The van der Waals surface area contributed by atoms with Crippen molar-refractivity contribution in [1.29, 1.82) is 5.39 Å². The fraction of sp³-hybridized carbons (Fsp3) is 0. The van der Waals surface area contributed by atoms with Crippen LogP contribution in [0.5, 0.6) is 0 Å². The third kappa shape index (κ3) is 2.13. The Balaban J connectivity index is 3.53. The Hall–Kier alpha value is -0.870. The summed E-state index contributed by atoms with van der Waals surface area (Å²) >= 11 is 11.2. The molecule has 0 amide bonds. The van der Waals surface area contributed by atoms with E-state index in [2.05, 4.69) is 4.98 Å². The molecule has 0 fully saturated rings. The molecule has 0 saturated carbocycles. The second-order valence-corrected chi connectivity index (χ2v) is 4.76. The Kier molecular flexibility index (Phi) is 2.97. The second-order valence-electron chi connectivity index (χ2n) is 2.38. The van der Waals surface area contributed by atoms with Gasteiger partial charge in [0.2, 0.25) is 15.4 Å². The van der Waals surface area contributed by atoms with Gasteiger partial charge in [0.15, 0.2) is 4.98 Å². The minimum absolute atomic E-state index is 0.0935. The molecule has 0 unspecified atom stereocenters. The standard InChI is InChI=1S/C6H4Cl2N3O2S/c7-4-1-3(14(10,12)13)2-5(8)6(4)11-9/h1-2H,(H2,10,12,13)/q+1. The van der Waals surface area contributed by atoms with E-state index >= 15 is 0 Å². The lowest BCUT2D eigenvalue weighted by molar-refractivity contribution is 0.598. The van der Waals surface area contributed by atoms with Crippen LogP contribution in [0.15, 0.2) is 17.0 Å². The summed E-state index contributed by atoms with van der Waals surface area (Å²) in [4.78, 5) is 2.56. The first kappa shape index (κ1) is 11.2. The van der Waals surface area contributed by atoms with E-state index in [4.69, 9.17) is 33.7 Å². The average molecular weight is 253 g/mol. The van der Waals surface area contributed by atoms with E-state index in [1.165, 1.54) is 0 Å². The maximum atomic E-state index is 10.9. The lowest BCUT2D eigenvalue weighted by Crippen LogP contribution is -2.11. The Labute approximate surface area is 90.1 Å². The number of nitrogens with zero attached hydrogens (tertiary/aromatic N) is 2. The van der Waals surface area contributed by atoms with Crippen LogP contribution in [-0.2, 0) is 10.0 Å². The zero-order valence-electron chi connectivity index (χ0n) is 6.61. The van der Waals surface area contributed by atoms with E-state index in [9.17, 15) is 8.42 Å². The number of benzene rings is 1. The molecule has 0 aromatic heterocycles. The molecule has 0 bridgehead atoms. The van der Waals surface area contributed by atoms with Crippen molar-refractivity contribution in [3.8, 4) is 0 Å². The predicted molar refractivity (Wildman–Crippen MR) is 52.6 cm³/mol. The van der Waals surface area contributed by atoms with Gasteiger partial charge in [-0.15, -0.1) is 0 Å². The van der Waals surface area contributed by atoms with Gasteiger partial charge in [-0.05, 0) is 12.1 Å². The number of sulfonamides is 1. The van der Waals surface area contributed by atoms with Gasteiger partial charge >= 0.3 is 5.69 Å². The van der Waals surface area contributed by atoms with Crippen molar-refractivity contribution in [2.75, 3.05) is 0 Å². The van der Waals surface area contributed by atoms with Crippen molar-refractivity contribution in [3.05, 3.63) is 27.2 Å². The van der Waals surface area contributed by atoms with Gasteiger partial charge in [0.25, 0.3) is 0 Å². The maximum Gasteiger partial charge on any atom is 0.421 e. The molecule has 0 aliphatic rings. The van der Waals surface area contributed by atoms with Crippen LogP contribution >= 0.6 is 23.2 Å². The number of primary sulfonamides is 1. The quantitative estimate of drug-likeness (QED) is 0.777. The summed E-state index contributed by atoms with van der Waals surface area (Å²) in [5.41, 5.74) is -0.0965. The molecule has 0 aliphatic heterocycles. The van der Waals surface area contributed by atoms with Gasteiger partial charge in [0.05, 0.1) is 4.90 Å². The van der Waals surface area contributed by atoms with Crippen molar-refractivity contribution < 1.29 is 8.42 Å². The summed E-state index contributed by atoms with van der Waals surface area (Å²) in [7, 11) is -3.86. The van der Waals surface area contributed by atoms with E-state index in [-0.39, 0.29) is 20.6 Å². The molecular weight excluding hydrogens is 249 g/mol. The normalized spacial score (nSPS) is 11.0. The van der Waals surface area contributed by atoms with Crippen LogP contribution < -0.4 is 5.14 Å². The van der Waals surface area contributed by atoms with Crippen LogP contribution in [0.25, 0.3) is 4.98 Å². The highest BCUT2D eigenvalue weighted by Crippen LogP contribution is 2.35. The van der Waals surface area contributed by atoms with Crippen molar-refractivity contribution >= 4 is 38.9 Å². The number of hydrogen-bond acceptors (Lipinski definition) is 3. The topological polar surface area (TPSA) is 88.3 Å². The molecule has 0 radical (unpaired) electrons. The average Bonchev–Trinajstić information content (AvgIpc) is 2.01. The molecular formula is C6H4Cl2N3O2S+. The molecule has 1 rings (SSSR count). The van der Waals surface area contributed by atoms with Crippen LogP contribution in [-0.4, -0.2) is 8.42 Å². The smallest absolute Gasteiger partial charge is 0.225 e. The molecule has 1 aromatic rings. The van der Waals surface area contributed by atoms with E-state index in [1.54, 1.807) is 0 Å². The Morgan fingerprint density at radius 1 is 1.29 bits per heavy atom. The third-order valence-corrected chi connectivity index (χ3v) is 2.89. The molecule has 14 heavy (non-hydrogen) atoms. The molecule has 0 saturated heterocycles. The van der Waals surface area contributed by atoms with E-state index in [0.717, 1.165) is 12.1 Å². The minimum Gasteiger partial charge on any atom is -0.225 e. The minimum atomic E-state index is -3.86. The fourth-order valence-corrected chi connectivity index (χ4v) is 2.06. The van der Waals surface area contributed by atoms with Gasteiger partial charge in [-0.2, -0.15) is 0 Å². The lowest BCUT2D eigenvalue weighted by atomic mass is 10.3. The SMILES string of the molecule is N#[N+]c1c(Cl)cc(S(N)(=O)=O)cc1Cl. The summed E-state index contributed by atoms with van der Waals surface area (Å²) in [5, 5.41) is 13.1. The summed E-state index contributed by atoms with van der Waals surface area (Å²) in [6.07, 6.45) is 0. The van der Waals surface area contributed by atoms with Crippen molar-refractivity contribution in [1.82, 2.24) is 0 Å².